The minimum absolute atomic E-state index is 0.0591. The van der Waals surface area contributed by atoms with E-state index < -0.39 is 12.6 Å². The van der Waals surface area contributed by atoms with Crippen LogP contribution in [-0.2, 0) is 17.9 Å². The largest absolute Gasteiger partial charge is 0.456 e. The van der Waals surface area contributed by atoms with Crippen LogP contribution in [0.5, 0.6) is 0 Å². The second-order valence-corrected chi connectivity index (χ2v) is 4.14. The van der Waals surface area contributed by atoms with Crippen molar-refractivity contribution >= 4 is 5.97 Å². The van der Waals surface area contributed by atoms with E-state index in [2.05, 4.69) is 5.10 Å². The summed E-state index contributed by atoms with van der Waals surface area (Å²) in [6.45, 7) is 1.44. The van der Waals surface area contributed by atoms with Gasteiger partial charge in [-0.15, -0.1) is 0 Å². The number of rotatable bonds is 5. The van der Waals surface area contributed by atoms with Crippen molar-refractivity contribution in [1.82, 2.24) is 9.78 Å². The predicted octanol–water partition coefficient (Wildman–Crippen LogP) is 2.52. The molecule has 0 aliphatic rings. The number of halogens is 1. The van der Waals surface area contributed by atoms with Crippen LogP contribution in [0, 0.1) is 6.92 Å². The van der Waals surface area contributed by atoms with Crippen molar-refractivity contribution in [1.29, 1.82) is 0 Å². The van der Waals surface area contributed by atoms with Gasteiger partial charge in [-0.05, 0) is 18.6 Å². The molecule has 0 aliphatic heterocycles. The van der Waals surface area contributed by atoms with Crippen LogP contribution in [0.2, 0.25) is 0 Å². The maximum Gasteiger partial charge on any atom is 0.356 e. The van der Waals surface area contributed by atoms with E-state index in [0.717, 1.165) is 5.56 Å². The van der Waals surface area contributed by atoms with Crippen LogP contribution in [-0.4, -0.2) is 22.4 Å². The summed E-state index contributed by atoms with van der Waals surface area (Å²) in [5, 5.41) is 4.05. The second kappa shape index (κ2) is 6.13. The van der Waals surface area contributed by atoms with Gasteiger partial charge in [-0.3, -0.25) is 4.68 Å². The Labute approximate surface area is 110 Å². The monoisotopic (exact) mass is 262 g/mol. The highest BCUT2D eigenvalue weighted by Crippen LogP contribution is 2.08. The lowest BCUT2D eigenvalue weighted by Gasteiger charge is -2.06. The van der Waals surface area contributed by atoms with Crippen LogP contribution in [0.4, 0.5) is 4.39 Å². The van der Waals surface area contributed by atoms with Gasteiger partial charge in [0, 0.05) is 0 Å². The number of hydrogen-bond acceptors (Lipinski definition) is 3. The van der Waals surface area contributed by atoms with E-state index in [9.17, 15) is 9.18 Å². The third kappa shape index (κ3) is 3.40. The van der Waals surface area contributed by atoms with Crippen molar-refractivity contribution < 1.29 is 13.9 Å². The molecule has 0 N–H and O–H groups in total. The number of aromatic nitrogens is 2. The molecule has 0 saturated carbocycles. The van der Waals surface area contributed by atoms with Gasteiger partial charge in [0.15, 0.2) is 0 Å². The van der Waals surface area contributed by atoms with Crippen molar-refractivity contribution in [2.24, 2.45) is 0 Å². The van der Waals surface area contributed by atoms with E-state index in [1.165, 1.54) is 4.68 Å². The molecular formula is C14H15FN2O2. The van der Waals surface area contributed by atoms with Gasteiger partial charge in [0.25, 0.3) is 0 Å². The van der Waals surface area contributed by atoms with Gasteiger partial charge >= 0.3 is 5.97 Å². The minimum Gasteiger partial charge on any atom is -0.456 e. The molecule has 2 rings (SSSR count). The normalized spacial score (nSPS) is 10.4. The van der Waals surface area contributed by atoms with Crippen LogP contribution in [0.1, 0.15) is 21.7 Å². The molecule has 0 radical (unpaired) electrons. The zero-order chi connectivity index (χ0) is 13.7. The van der Waals surface area contributed by atoms with E-state index in [1.807, 2.05) is 30.3 Å². The number of nitrogens with zero attached hydrogens (tertiary/aromatic N) is 2. The van der Waals surface area contributed by atoms with Gasteiger partial charge in [-0.25, -0.2) is 9.18 Å². The van der Waals surface area contributed by atoms with Crippen LogP contribution in [0.25, 0.3) is 0 Å². The number of ether oxygens (including phenoxy) is 1. The SMILES string of the molecule is Cc1cc(C(=O)OCc2ccccc2)n(CCF)n1. The van der Waals surface area contributed by atoms with E-state index in [4.69, 9.17) is 4.74 Å². The van der Waals surface area contributed by atoms with Crippen LogP contribution < -0.4 is 0 Å². The molecule has 100 valence electrons. The summed E-state index contributed by atoms with van der Waals surface area (Å²) >= 11 is 0. The Kier molecular flexibility index (Phi) is 4.28. The standard InChI is InChI=1S/C14H15FN2O2/c1-11-9-13(17(16-11)8-7-15)14(18)19-10-12-5-3-2-4-6-12/h2-6,9H,7-8,10H2,1H3. The summed E-state index contributed by atoms with van der Waals surface area (Å²) < 4.78 is 18.9. The molecule has 0 unspecified atom stereocenters. The van der Waals surface area contributed by atoms with E-state index >= 15 is 0 Å². The molecule has 0 spiro atoms. The Hall–Kier alpha value is -2.17. The van der Waals surface area contributed by atoms with Gasteiger partial charge in [0.1, 0.15) is 19.0 Å². The minimum atomic E-state index is -0.569. The molecule has 4 nitrogen and oxygen atoms in total. The summed E-state index contributed by atoms with van der Waals surface area (Å²) in [7, 11) is 0. The molecule has 19 heavy (non-hydrogen) atoms. The van der Waals surface area contributed by atoms with Gasteiger partial charge < -0.3 is 4.74 Å². The lowest BCUT2D eigenvalue weighted by atomic mass is 10.2. The van der Waals surface area contributed by atoms with Crippen molar-refractivity contribution in [2.45, 2.75) is 20.1 Å². The van der Waals surface area contributed by atoms with Gasteiger partial charge in [-0.2, -0.15) is 5.10 Å². The number of benzene rings is 1. The lowest BCUT2D eigenvalue weighted by Crippen LogP contribution is -2.14. The van der Waals surface area contributed by atoms with E-state index in [-0.39, 0.29) is 18.8 Å². The molecule has 2 aromatic rings. The number of esters is 1. The fourth-order valence-corrected chi connectivity index (χ4v) is 1.76. The number of alkyl halides is 1. The maximum absolute atomic E-state index is 12.4. The molecule has 0 fully saturated rings. The van der Waals surface area contributed by atoms with Gasteiger partial charge in [0.05, 0.1) is 12.2 Å². The first-order valence-corrected chi connectivity index (χ1v) is 6.02. The van der Waals surface area contributed by atoms with Crippen LogP contribution >= 0.6 is 0 Å². The third-order valence-corrected chi connectivity index (χ3v) is 2.62. The smallest absolute Gasteiger partial charge is 0.356 e. The Morgan fingerprint density at radius 2 is 2.11 bits per heavy atom. The fraction of sp³-hybridized carbons (Fsp3) is 0.286. The first-order valence-electron chi connectivity index (χ1n) is 6.02. The number of carbonyl (C=O) groups excluding carboxylic acids is 1. The molecule has 0 atom stereocenters. The molecule has 0 aliphatic carbocycles. The van der Waals surface area contributed by atoms with Crippen molar-refractivity contribution in [3.63, 3.8) is 0 Å². The van der Waals surface area contributed by atoms with Crippen LogP contribution in [0.15, 0.2) is 36.4 Å². The Balaban J connectivity index is 2.03. The number of hydrogen-bond donors (Lipinski definition) is 0. The maximum atomic E-state index is 12.4. The van der Waals surface area contributed by atoms with Gasteiger partial charge in [-0.1, -0.05) is 30.3 Å². The fourth-order valence-electron chi connectivity index (χ4n) is 1.76. The highest BCUT2D eigenvalue weighted by Gasteiger charge is 2.15. The summed E-state index contributed by atoms with van der Waals surface area (Å²) in [6, 6.07) is 11.0. The summed E-state index contributed by atoms with van der Waals surface area (Å²) in [5.41, 5.74) is 1.86. The highest BCUT2D eigenvalue weighted by atomic mass is 19.1. The molecular weight excluding hydrogens is 247 g/mol. The average molecular weight is 262 g/mol. The second-order valence-electron chi connectivity index (χ2n) is 4.14. The Morgan fingerprint density at radius 3 is 2.79 bits per heavy atom. The zero-order valence-electron chi connectivity index (χ0n) is 10.7. The van der Waals surface area contributed by atoms with Crippen molar-refractivity contribution in [3.05, 3.63) is 53.3 Å². The Morgan fingerprint density at radius 1 is 1.37 bits per heavy atom. The van der Waals surface area contributed by atoms with E-state index in [1.54, 1.807) is 13.0 Å². The Bertz CT molecular complexity index is 552. The van der Waals surface area contributed by atoms with E-state index in [0.29, 0.717) is 5.69 Å². The highest BCUT2D eigenvalue weighted by molar-refractivity contribution is 5.87. The average Bonchev–Trinajstić information content (AvgIpc) is 2.79. The number of aryl methyl sites for hydroxylation is 2. The molecule has 0 bridgehead atoms. The predicted molar refractivity (Wildman–Crippen MR) is 68.5 cm³/mol. The van der Waals surface area contributed by atoms with Gasteiger partial charge in [0.2, 0.25) is 0 Å². The molecule has 0 amide bonds. The van der Waals surface area contributed by atoms with Crippen LogP contribution in [0.3, 0.4) is 0 Å². The third-order valence-electron chi connectivity index (χ3n) is 2.62. The van der Waals surface area contributed by atoms with Crippen molar-refractivity contribution in [3.8, 4) is 0 Å². The molecule has 1 heterocycles. The number of carbonyl (C=O) groups is 1. The molecule has 1 aromatic heterocycles. The van der Waals surface area contributed by atoms with Crippen molar-refractivity contribution in [2.75, 3.05) is 6.67 Å². The summed E-state index contributed by atoms with van der Waals surface area (Å²) in [5.74, 6) is -0.488. The summed E-state index contributed by atoms with van der Waals surface area (Å²) in [6.07, 6.45) is 0. The topological polar surface area (TPSA) is 44.1 Å². The quantitative estimate of drug-likeness (QED) is 0.778. The zero-order valence-corrected chi connectivity index (χ0v) is 10.7. The molecule has 1 aromatic carbocycles. The first kappa shape index (κ1) is 13.3. The molecule has 0 saturated heterocycles. The lowest BCUT2D eigenvalue weighted by molar-refractivity contribution is 0.0457. The summed E-state index contributed by atoms with van der Waals surface area (Å²) in [4.78, 5) is 11.9. The molecule has 5 heteroatoms. The first-order chi connectivity index (χ1) is 9.20.